The Morgan fingerprint density at radius 1 is 1.29 bits per heavy atom. The van der Waals surface area contributed by atoms with Gasteiger partial charge in [-0.25, -0.2) is 14.2 Å². The van der Waals surface area contributed by atoms with E-state index in [9.17, 15) is 22.4 Å². The lowest BCUT2D eigenvalue weighted by Crippen LogP contribution is -2.19. The zero-order valence-electron chi connectivity index (χ0n) is 12.5. The van der Waals surface area contributed by atoms with Crippen molar-refractivity contribution in [3.8, 4) is 11.3 Å². The van der Waals surface area contributed by atoms with Crippen molar-refractivity contribution >= 4 is 11.8 Å². The molecular formula is C15H13F4N3O2. The van der Waals surface area contributed by atoms with Gasteiger partial charge in [-0.05, 0) is 24.6 Å². The number of ether oxygens (including phenoxy) is 1. The van der Waals surface area contributed by atoms with Crippen LogP contribution in [0.3, 0.4) is 0 Å². The Balaban J connectivity index is 2.37. The van der Waals surface area contributed by atoms with E-state index in [0.29, 0.717) is 6.42 Å². The number of carbonyl (C=O) groups is 1. The molecule has 0 aliphatic rings. The molecule has 0 radical (unpaired) electrons. The molecule has 0 aliphatic carbocycles. The van der Waals surface area contributed by atoms with Crippen molar-refractivity contribution < 1.29 is 27.1 Å². The topological polar surface area (TPSA) is 64.1 Å². The van der Waals surface area contributed by atoms with Crippen molar-refractivity contribution in [1.29, 1.82) is 0 Å². The first-order valence-corrected chi connectivity index (χ1v) is 6.94. The molecule has 0 saturated heterocycles. The van der Waals surface area contributed by atoms with Crippen molar-refractivity contribution in [1.82, 2.24) is 9.97 Å². The number of hydrogen-bond donors (Lipinski definition) is 1. The number of alkyl halides is 3. The number of halogens is 4. The molecule has 24 heavy (non-hydrogen) atoms. The summed E-state index contributed by atoms with van der Waals surface area (Å²) in [7, 11) is 0. The summed E-state index contributed by atoms with van der Waals surface area (Å²) in [5, 5.41) is 2.01. The van der Waals surface area contributed by atoms with Gasteiger partial charge in [-0.1, -0.05) is 6.92 Å². The molecule has 2 heterocycles. The van der Waals surface area contributed by atoms with Crippen molar-refractivity contribution in [2.24, 2.45) is 0 Å². The van der Waals surface area contributed by atoms with Crippen LogP contribution < -0.4 is 5.32 Å². The van der Waals surface area contributed by atoms with Gasteiger partial charge in [0.25, 0.3) is 0 Å². The summed E-state index contributed by atoms with van der Waals surface area (Å²) < 4.78 is 57.4. The van der Waals surface area contributed by atoms with E-state index in [1.54, 1.807) is 6.92 Å². The van der Waals surface area contributed by atoms with Gasteiger partial charge in [-0.3, -0.25) is 10.3 Å². The van der Waals surface area contributed by atoms with Gasteiger partial charge in [0.2, 0.25) is 0 Å². The predicted octanol–water partition coefficient (Wildman–Crippen LogP) is 4.26. The fraction of sp³-hybridized carbons (Fsp3) is 0.267. The molecule has 0 saturated carbocycles. The summed E-state index contributed by atoms with van der Waals surface area (Å²) in [5.41, 5.74) is -1.89. The van der Waals surface area contributed by atoms with Crippen LogP contribution in [0.15, 0.2) is 30.6 Å². The summed E-state index contributed by atoms with van der Waals surface area (Å²) >= 11 is 0. The Bertz CT molecular complexity index is 735. The largest absolute Gasteiger partial charge is 0.449 e. The van der Waals surface area contributed by atoms with Crippen LogP contribution in [-0.2, 0) is 10.9 Å². The molecule has 1 amide bonds. The molecule has 0 atom stereocenters. The molecule has 0 aliphatic heterocycles. The minimum atomic E-state index is -4.82. The minimum Gasteiger partial charge on any atom is -0.449 e. The number of amides is 1. The van der Waals surface area contributed by atoms with Crippen LogP contribution in [0.5, 0.6) is 0 Å². The summed E-state index contributed by atoms with van der Waals surface area (Å²) in [4.78, 5) is 18.5. The monoisotopic (exact) mass is 343 g/mol. The van der Waals surface area contributed by atoms with Crippen LogP contribution >= 0.6 is 0 Å². The smallest absolute Gasteiger partial charge is 0.435 e. The number of nitrogens with one attached hydrogen (secondary N) is 1. The van der Waals surface area contributed by atoms with Gasteiger partial charge in [-0.15, -0.1) is 0 Å². The quantitative estimate of drug-likeness (QED) is 0.843. The molecule has 0 fully saturated rings. The molecule has 9 heteroatoms. The van der Waals surface area contributed by atoms with E-state index in [-0.39, 0.29) is 17.9 Å². The Morgan fingerprint density at radius 3 is 2.67 bits per heavy atom. The number of aromatic nitrogens is 2. The third kappa shape index (κ3) is 4.40. The van der Waals surface area contributed by atoms with Crippen molar-refractivity contribution in [3.63, 3.8) is 0 Å². The molecule has 2 aromatic rings. The van der Waals surface area contributed by atoms with Crippen molar-refractivity contribution in [3.05, 3.63) is 42.1 Å². The van der Waals surface area contributed by atoms with Crippen LogP contribution in [0.4, 0.5) is 28.0 Å². The second-order valence-corrected chi connectivity index (χ2v) is 4.74. The Hall–Kier alpha value is -2.71. The van der Waals surface area contributed by atoms with E-state index in [4.69, 9.17) is 0 Å². The predicted molar refractivity (Wildman–Crippen MR) is 77.7 cm³/mol. The van der Waals surface area contributed by atoms with Crippen LogP contribution in [0.25, 0.3) is 11.3 Å². The fourth-order valence-corrected chi connectivity index (χ4v) is 1.83. The van der Waals surface area contributed by atoms with Crippen LogP contribution in [0.1, 0.15) is 19.0 Å². The van der Waals surface area contributed by atoms with Gasteiger partial charge in [0.05, 0.1) is 24.2 Å². The average Bonchev–Trinajstić information content (AvgIpc) is 2.52. The number of nitrogens with zero attached hydrogens (tertiary/aromatic N) is 2. The van der Waals surface area contributed by atoms with Crippen molar-refractivity contribution in [2.75, 3.05) is 11.9 Å². The third-order valence-corrected chi connectivity index (χ3v) is 2.84. The first-order valence-electron chi connectivity index (χ1n) is 6.94. The number of carbonyl (C=O) groups excluding carboxylic acids is 1. The maximum atomic E-state index is 13.2. The lowest BCUT2D eigenvalue weighted by atomic mass is 10.1. The fourth-order valence-electron chi connectivity index (χ4n) is 1.83. The van der Waals surface area contributed by atoms with Crippen molar-refractivity contribution in [2.45, 2.75) is 19.5 Å². The second kappa shape index (κ2) is 7.24. The van der Waals surface area contributed by atoms with E-state index < -0.39 is 29.5 Å². The second-order valence-electron chi connectivity index (χ2n) is 4.74. The standard InChI is InChI=1S/C15H13F4N3O2/c1-2-5-24-14(23)22-12-4-3-11(21-13(12)15(17,18)19)9-6-10(16)8-20-7-9/h3-4,6-8H,2,5H2,1H3,(H,22,23). The highest BCUT2D eigenvalue weighted by Gasteiger charge is 2.36. The number of anilines is 1. The van der Waals surface area contributed by atoms with E-state index in [0.717, 1.165) is 18.3 Å². The lowest BCUT2D eigenvalue weighted by molar-refractivity contribution is -0.140. The van der Waals surface area contributed by atoms with Gasteiger partial charge < -0.3 is 4.74 Å². The first kappa shape index (κ1) is 17.6. The van der Waals surface area contributed by atoms with E-state index >= 15 is 0 Å². The Labute approximate surface area is 134 Å². The molecule has 0 aromatic carbocycles. The summed E-state index contributed by atoms with van der Waals surface area (Å²) in [6.45, 7) is 1.82. The lowest BCUT2D eigenvalue weighted by Gasteiger charge is -2.14. The average molecular weight is 343 g/mol. The zero-order chi connectivity index (χ0) is 17.7. The number of hydrogen-bond acceptors (Lipinski definition) is 4. The summed E-state index contributed by atoms with van der Waals surface area (Å²) in [6, 6.07) is 3.27. The minimum absolute atomic E-state index is 0.0770. The molecule has 2 rings (SSSR count). The highest BCUT2D eigenvalue weighted by Crippen LogP contribution is 2.35. The molecule has 2 aromatic heterocycles. The van der Waals surface area contributed by atoms with Gasteiger partial charge in [0.15, 0.2) is 5.69 Å². The SMILES string of the molecule is CCCOC(=O)Nc1ccc(-c2cncc(F)c2)nc1C(F)(F)F. The highest BCUT2D eigenvalue weighted by molar-refractivity contribution is 5.85. The van der Waals surface area contributed by atoms with Crippen LogP contribution in [0.2, 0.25) is 0 Å². The Kier molecular flexibility index (Phi) is 5.32. The van der Waals surface area contributed by atoms with E-state index in [1.807, 2.05) is 5.32 Å². The van der Waals surface area contributed by atoms with Crippen LogP contribution in [-0.4, -0.2) is 22.7 Å². The Morgan fingerprint density at radius 2 is 2.04 bits per heavy atom. The number of rotatable bonds is 4. The van der Waals surface area contributed by atoms with Gasteiger partial charge in [0, 0.05) is 11.8 Å². The normalized spacial score (nSPS) is 11.2. The van der Waals surface area contributed by atoms with Gasteiger partial charge in [0.1, 0.15) is 5.82 Å². The third-order valence-electron chi connectivity index (χ3n) is 2.84. The molecule has 128 valence electrons. The molecule has 1 N–H and O–H groups in total. The number of pyridine rings is 2. The maximum Gasteiger partial charge on any atom is 0.435 e. The highest BCUT2D eigenvalue weighted by atomic mass is 19.4. The molecule has 0 spiro atoms. The summed E-state index contributed by atoms with van der Waals surface area (Å²) in [5.74, 6) is -0.701. The summed E-state index contributed by atoms with van der Waals surface area (Å²) in [6.07, 6.45) is -3.18. The first-order chi connectivity index (χ1) is 11.3. The molecule has 5 nitrogen and oxygen atoms in total. The van der Waals surface area contributed by atoms with Crippen LogP contribution in [0, 0.1) is 5.82 Å². The maximum absolute atomic E-state index is 13.2. The van der Waals surface area contributed by atoms with Gasteiger partial charge in [-0.2, -0.15) is 13.2 Å². The van der Waals surface area contributed by atoms with E-state index in [2.05, 4.69) is 14.7 Å². The zero-order valence-corrected chi connectivity index (χ0v) is 12.5. The molecular weight excluding hydrogens is 330 g/mol. The molecule has 0 bridgehead atoms. The molecule has 0 unspecified atom stereocenters. The van der Waals surface area contributed by atoms with E-state index in [1.165, 1.54) is 12.3 Å². The van der Waals surface area contributed by atoms with Gasteiger partial charge >= 0.3 is 12.3 Å².